The molecular weight excluding hydrogens is 308 g/mol. The molecule has 0 heterocycles. The molecule has 1 unspecified atom stereocenters. The second-order valence-electron chi connectivity index (χ2n) is 7.21. The zero-order chi connectivity index (χ0) is 17.2. The second-order valence-corrected chi connectivity index (χ2v) is 9.24. The number of rotatable bonds is 3. The Morgan fingerprint density at radius 2 is 1.21 bits per heavy atom. The largest absolute Gasteiger partial charge is 0.166 e. The lowest BCUT2D eigenvalue weighted by molar-refractivity contribution is 0.589. The minimum Gasteiger partial charge on any atom is -0.0619 e. The first kappa shape index (κ1) is 16.9. The molecule has 0 fully saturated rings. The minimum atomic E-state index is -0.0600. The van der Waals surface area contributed by atoms with E-state index < -0.39 is 0 Å². The van der Waals surface area contributed by atoms with E-state index in [0.717, 1.165) is 0 Å². The summed E-state index contributed by atoms with van der Waals surface area (Å²) in [6, 6.07) is 28.9. The summed E-state index contributed by atoms with van der Waals surface area (Å²) in [5.74, 6) is 0. The van der Waals surface area contributed by atoms with Crippen LogP contribution >= 0.6 is 0 Å². The standard InChI is InChI=1S/C23H25S/c1-18-9-8-12-22(17-18)24(20-10-6-5-7-11-20)21-15-13-19(14-16-21)23(2,3)4/h5-17H,1-4H3/q+1. The van der Waals surface area contributed by atoms with Crippen molar-refractivity contribution in [3.05, 3.63) is 90.0 Å². The third-order valence-electron chi connectivity index (χ3n) is 4.16. The van der Waals surface area contributed by atoms with E-state index >= 15 is 0 Å². The van der Waals surface area contributed by atoms with Crippen molar-refractivity contribution in [1.29, 1.82) is 0 Å². The van der Waals surface area contributed by atoms with E-state index in [1.807, 2.05) is 0 Å². The van der Waals surface area contributed by atoms with Crippen molar-refractivity contribution in [3.63, 3.8) is 0 Å². The maximum atomic E-state index is 2.31. The van der Waals surface area contributed by atoms with Gasteiger partial charge < -0.3 is 0 Å². The molecule has 0 spiro atoms. The second kappa shape index (κ2) is 6.86. The quantitative estimate of drug-likeness (QED) is 0.487. The Kier molecular flexibility index (Phi) is 4.82. The number of hydrogen-bond acceptors (Lipinski definition) is 0. The summed E-state index contributed by atoms with van der Waals surface area (Å²) >= 11 is 0. The van der Waals surface area contributed by atoms with E-state index in [4.69, 9.17) is 0 Å². The molecule has 0 saturated carbocycles. The average molecular weight is 334 g/mol. The van der Waals surface area contributed by atoms with Gasteiger partial charge in [-0.1, -0.05) is 63.2 Å². The van der Waals surface area contributed by atoms with E-state index in [1.165, 1.54) is 25.8 Å². The van der Waals surface area contributed by atoms with E-state index in [-0.39, 0.29) is 16.3 Å². The molecule has 0 aliphatic rings. The van der Waals surface area contributed by atoms with Crippen molar-refractivity contribution in [3.8, 4) is 0 Å². The van der Waals surface area contributed by atoms with E-state index in [9.17, 15) is 0 Å². The van der Waals surface area contributed by atoms with Crippen LogP contribution in [0.3, 0.4) is 0 Å². The van der Waals surface area contributed by atoms with Crippen LogP contribution in [-0.2, 0) is 16.3 Å². The van der Waals surface area contributed by atoms with Crippen molar-refractivity contribution >= 4 is 10.9 Å². The number of benzene rings is 3. The molecule has 1 heteroatoms. The molecule has 0 amide bonds. The zero-order valence-corrected chi connectivity index (χ0v) is 15.7. The van der Waals surface area contributed by atoms with Gasteiger partial charge in [0.1, 0.15) is 0 Å². The van der Waals surface area contributed by atoms with Gasteiger partial charge in [-0.2, -0.15) is 0 Å². The van der Waals surface area contributed by atoms with E-state index in [2.05, 4.69) is 107 Å². The maximum Gasteiger partial charge on any atom is 0.166 e. The molecule has 3 aromatic carbocycles. The van der Waals surface area contributed by atoms with Crippen molar-refractivity contribution in [2.45, 2.75) is 47.8 Å². The average Bonchev–Trinajstić information content (AvgIpc) is 2.56. The van der Waals surface area contributed by atoms with E-state index in [0.29, 0.717) is 0 Å². The first-order valence-electron chi connectivity index (χ1n) is 8.42. The highest BCUT2D eigenvalue weighted by atomic mass is 32.2. The van der Waals surface area contributed by atoms with Gasteiger partial charge in [0.05, 0.1) is 10.9 Å². The van der Waals surface area contributed by atoms with Crippen molar-refractivity contribution < 1.29 is 0 Å². The lowest BCUT2D eigenvalue weighted by Gasteiger charge is -2.19. The molecule has 3 rings (SSSR count). The fourth-order valence-electron chi connectivity index (χ4n) is 2.80. The minimum absolute atomic E-state index is 0.0600. The summed E-state index contributed by atoms with van der Waals surface area (Å²) in [7, 11) is -0.0600. The summed E-state index contributed by atoms with van der Waals surface area (Å²) < 4.78 is 0. The topological polar surface area (TPSA) is 0 Å². The van der Waals surface area contributed by atoms with Crippen LogP contribution in [0.1, 0.15) is 31.9 Å². The molecule has 0 radical (unpaired) electrons. The number of aryl methyl sites for hydroxylation is 1. The molecule has 0 nitrogen and oxygen atoms in total. The van der Waals surface area contributed by atoms with Crippen LogP contribution in [0.5, 0.6) is 0 Å². The molecule has 3 aromatic rings. The van der Waals surface area contributed by atoms with Crippen molar-refractivity contribution in [2.24, 2.45) is 0 Å². The lowest BCUT2D eigenvalue weighted by Crippen LogP contribution is -2.11. The van der Waals surface area contributed by atoms with Gasteiger partial charge in [0, 0.05) is 0 Å². The highest BCUT2D eigenvalue weighted by Gasteiger charge is 2.29. The molecule has 0 N–H and O–H groups in total. The SMILES string of the molecule is Cc1cccc([S+](c2ccccc2)c2ccc(C(C)(C)C)cc2)c1. The van der Waals surface area contributed by atoms with Gasteiger partial charge in [-0.3, -0.25) is 0 Å². The van der Waals surface area contributed by atoms with Gasteiger partial charge in [-0.25, -0.2) is 0 Å². The molecule has 0 bridgehead atoms. The Labute approximate surface area is 148 Å². The Hall–Kier alpha value is -1.99. The fraction of sp³-hybridized carbons (Fsp3) is 0.217. The first-order chi connectivity index (χ1) is 11.4. The van der Waals surface area contributed by atoms with Crippen molar-refractivity contribution in [2.75, 3.05) is 0 Å². The smallest absolute Gasteiger partial charge is 0.0619 e. The molecule has 24 heavy (non-hydrogen) atoms. The van der Waals surface area contributed by atoms with Crippen LogP contribution in [-0.4, -0.2) is 0 Å². The Morgan fingerprint density at radius 3 is 1.79 bits per heavy atom. The third kappa shape index (κ3) is 3.73. The fourth-order valence-corrected chi connectivity index (χ4v) is 4.97. The zero-order valence-electron chi connectivity index (χ0n) is 14.9. The molecular formula is C23H25S+. The predicted molar refractivity (Wildman–Crippen MR) is 105 cm³/mol. The van der Waals surface area contributed by atoms with Crippen LogP contribution in [0.25, 0.3) is 0 Å². The molecule has 122 valence electrons. The predicted octanol–water partition coefficient (Wildman–Crippen LogP) is 6.39. The third-order valence-corrected chi connectivity index (χ3v) is 6.37. The normalized spacial score (nSPS) is 12.8. The van der Waals surface area contributed by atoms with Crippen LogP contribution in [0, 0.1) is 6.92 Å². The van der Waals surface area contributed by atoms with Gasteiger partial charge in [-0.15, -0.1) is 0 Å². The summed E-state index contributed by atoms with van der Waals surface area (Å²) in [4.78, 5) is 4.12. The Morgan fingerprint density at radius 1 is 0.625 bits per heavy atom. The van der Waals surface area contributed by atoms with Crippen molar-refractivity contribution in [1.82, 2.24) is 0 Å². The highest BCUT2D eigenvalue weighted by Crippen LogP contribution is 2.33. The Bertz CT molecular complexity index is 795. The van der Waals surface area contributed by atoms with Gasteiger partial charge in [0.2, 0.25) is 0 Å². The summed E-state index contributed by atoms with van der Waals surface area (Å²) in [5, 5.41) is 0. The molecule has 0 aliphatic carbocycles. The van der Waals surface area contributed by atoms with Gasteiger partial charge >= 0.3 is 0 Å². The van der Waals surface area contributed by atoms with Crippen LogP contribution in [0.15, 0.2) is 93.5 Å². The van der Waals surface area contributed by atoms with Crippen LogP contribution in [0.2, 0.25) is 0 Å². The van der Waals surface area contributed by atoms with Crippen LogP contribution < -0.4 is 0 Å². The van der Waals surface area contributed by atoms with Gasteiger partial charge in [0.15, 0.2) is 14.7 Å². The summed E-state index contributed by atoms with van der Waals surface area (Å²) in [6.45, 7) is 8.96. The summed E-state index contributed by atoms with van der Waals surface area (Å²) in [6.07, 6.45) is 0. The van der Waals surface area contributed by atoms with Gasteiger partial charge in [-0.05, 0) is 59.9 Å². The first-order valence-corrected chi connectivity index (χ1v) is 9.64. The molecule has 0 aliphatic heterocycles. The van der Waals surface area contributed by atoms with Gasteiger partial charge in [0.25, 0.3) is 0 Å². The van der Waals surface area contributed by atoms with Crippen LogP contribution in [0.4, 0.5) is 0 Å². The van der Waals surface area contributed by atoms with E-state index in [1.54, 1.807) is 0 Å². The maximum absolute atomic E-state index is 2.31. The number of hydrogen-bond donors (Lipinski definition) is 0. The molecule has 1 atom stereocenters. The monoisotopic (exact) mass is 333 g/mol. The highest BCUT2D eigenvalue weighted by molar-refractivity contribution is 7.97. The Balaban J connectivity index is 2.08. The lowest BCUT2D eigenvalue weighted by atomic mass is 9.87. The molecule has 0 aromatic heterocycles. The summed E-state index contributed by atoms with van der Waals surface area (Å²) in [5.41, 5.74) is 2.88. The molecule has 0 saturated heterocycles.